The van der Waals surface area contributed by atoms with E-state index >= 15 is 0 Å². The van der Waals surface area contributed by atoms with Crippen LogP contribution in [-0.2, 0) is 11.2 Å². The van der Waals surface area contributed by atoms with E-state index in [0.29, 0.717) is 10.6 Å². The minimum atomic E-state index is -0.382. The maximum atomic E-state index is 11.6. The zero-order valence-electron chi connectivity index (χ0n) is 10.3. The van der Waals surface area contributed by atoms with Gasteiger partial charge in [0, 0.05) is 22.8 Å². The molecular formula is C13H14N2O2S. The van der Waals surface area contributed by atoms with Gasteiger partial charge in [0.15, 0.2) is 0 Å². The van der Waals surface area contributed by atoms with Gasteiger partial charge in [-0.15, -0.1) is 11.3 Å². The van der Waals surface area contributed by atoms with Gasteiger partial charge < -0.3 is 10.5 Å². The Kier molecular flexibility index (Phi) is 3.62. The average Bonchev–Trinajstić information content (AvgIpc) is 2.75. The number of aromatic nitrogens is 1. The Morgan fingerprint density at radius 2 is 2.11 bits per heavy atom. The molecule has 0 aliphatic heterocycles. The van der Waals surface area contributed by atoms with Crippen molar-refractivity contribution in [1.82, 2.24) is 4.98 Å². The van der Waals surface area contributed by atoms with Crippen LogP contribution in [0.2, 0.25) is 0 Å². The summed E-state index contributed by atoms with van der Waals surface area (Å²) >= 11 is 1.39. The molecule has 94 valence electrons. The second-order valence-corrected chi connectivity index (χ2v) is 4.83. The molecule has 4 nitrogen and oxygen atoms in total. The second kappa shape index (κ2) is 5.18. The number of anilines is 1. The van der Waals surface area contributed by atoms with Crippen LogP contribution in [0, 0.1) is 0 Å². The molecule has 18 heavy (non-hydrogen) atoms. The lowest BCUT2D eigenvalue weighted by Crippen LogP contribution is -2.02. The fourth-order valence-corrected chi connectivity index (χ4v) is 2.92. The molecule has 0 aliphatic carbocycles. The van der Waals surface area contributed by atoms with Crippen LogP contribution in [0.5, 0.6) is 0 Å². The summed E-state index contributed by atoms with van der Waals surface area (Å²) in [6.45, 7) is 2.04. The fraction of sp³-hybridized carbons (Fsp3) is 0.231. The molecule has 0 fully saturated rings. The molecule has 0 aromatic carbocycles. The molecule has 0 radical (unpaired) electrons. The molecule has 0 saturated carbocycles. The molecule has 5 heteroatoms. The van der Waals surface area contributed by atoms with Crippen LogP contribution < -0.4 is 5.73 Å². The van der Waals surface area contributed by atoms with E-state index in [4.69, 9.17) is 10.5 Å². The van der Waals surface area contributed by atoms with Crippen LogP contribution in [0.15, 0.2) is 24.5 Å². The number of nitrogen functional groups attached to an aromatic ring is 1. The molecule has 2 aromatic rings. The number of hydrogen-bond acceptors (Lipinski definition) is 5. The van der Waals surface area contributed by atoms with Gasteiger partial charge in [0.25, 0.3) is 0 Å². The lowest BCUT2D eigenvalue weighted by molar-refractivity contribution is 0.0607. The summed E-state index contributed by atoms with van der Waals surface area (Å²) in [7, 11) is 1.36. The molecule has 2 rings (SSSR count). The van der Waals surface area contributed by atoms with Gasteiger partial charge in [0.05, 0.1) is 12.8 Å². The zero-order valence-corrected chi connectivity index (χ0v) is 11.1. The largest absolute Gasteiger partial charge is 0.465 e. The average molecular weight is 262 g/mol. The number of carbonyl (C=O) groups is 1. The number of aryl methyl sites for hydroxylation is 1. The summed E-state index contributed by atoms with van der Waals surface area (Å²) in [4.78, 5) is 17.2. The Morgan fingerprint density at radius 3 is 2.67 bits per heavy atom. The van der Waals surface area contributed by atoms with Gasteiger partial charge in [0.1, 0.15) is 4.88 Å². The van der Waals surface area contributed by atoms with E-state index in [-0.39, 0.29) is 5.97 Å². The Labute approximate surface area is 109 Å². The number of methoxy groups -OCH3 is 1. The number of thiophene rings is 1. The number of pyridine rings is 1. The zero-order chi connectivity index (χ0) is 13.1. The lowest BCUT2D eigenvalue weighted by Gasteiger charge is -2.03. The molecule has 0 bridgehead atoms. The highest BCUT2D eigenvalue weighted by Crippen LogP contribution is 2.39. The number of ether oxygens (including phenoxy) is 1. The van der Waals surface area contributed by atoms with Gasteiger partial charge in [0.2, 0.25) is 0 Å². The number of carbonyl (C=O) groups excluding carboxylic acids is 1. The van der Waals surface area contributed by atoms with Gasteiger partial charge in [-0.3, -0.25) is 4.98 Å². The Morgan fingerprint density at radius 1 is 1.44 bits per heavy atom. The molecule has 2 aromatic heterocycles. The van der Waals surface area contributed by atoms with Crippen molar-refractivity contribution in [2.45, 2.75) is 13.3 Å². The number of nitrogens with zero attached hydrogens (tertiary/aromatic N) is 1. The number of hydrogen-bond donors (Lipinski definition) is 1. The summed E-state index contributed by atoms with van der Waals surface area (Å²) in [5, 5.41) is 0. The summed E-state index contributed by atoms with van der Waals surface area (Å²) < 4.78 is 4.74. The van der Waals surface area contributed by atoms with Crippen LogP contribution >= 0.6 is 11.3 Å². The highest BCUT2D eigenvalue weighted by atomic mass is 32.1. The first-order chi connectivity index (χ1) is 8.69. The van der Waals surface area contributed by atoms with E-state index in [1.807, 2.05) is 19.1 Å². The minimum absolute atomic E-state index is 0.382. The second-order valence-electron chi connectivity index (χ2n) is 3.72. The van der Waals surface area contributed by atoms with Crippen LogP contribution in [-0.4, -0.2) is 18.1 Å². The van der Waals surface area contributed by atoms with E-state index in [0.717, 1.165) is 22.4 Å². The van der Waals surface area contributed by atoms with Crippen molar-refractivity contribution in [2.75, 3.05) is 12.8 Å². The van der Waals surface area contributed by atoms with Gasteiger partial charge in [-0.05, 0) is 24.1 Å². The van der Waals surface area contributed by atoms with Crippen LogP contribution in [0.25, 0.3) is 11.1 Å². The molecular weight excluding hydrogens is 248 g/mol. The number of esters is 1. The molecule has 0 aliphatic rings. The first-order valence-corrected chi connectivity index (χ1v) is 6.40. The highest BCUT2D eigenvalue weighted by Gasteiger charge is 2.21. The number of rotatable bonds is 3. The molecule has 0 atom stereocenters. The Balaban J connectivity index is 2.60. The third-order valence-corrected chi connectivity index (χ3v) is 4.01. The summed E-state index contributed by atoms with van der Waals surface area (Å²) in [6.07, 6.45) is 4.25. The molecule has 0 saturated heterocycles. The van der Waals surface area contributed by atoms with Crippen LogP contribution in [0.1, 0.15) is 21.5 Å². The predicted molar refractivity (Wildman–Crippen MR) is 72.7 cm³/mol. The van der Waals surface area contributed by atoms with Crippen molar-refractivity contribution in [3.8, 4) is 11.1 Å². The first kappa shape index (κ1) is 12.6. The quantitative estimate of drug-likeness (QED) is 0.864. The number of nitrogens with two attached hydrogens (primary N) is 1. The third-order valence-electron chi connectivity index (χ3n) is 2.68. The lowest BCUT2D eigenvalue weighted by atomic mass is 10.0. The van der Waals surface area contributed by atoms with Gasteiger partial charge >= 0.3 is 5.97 Å². The highest BCUT2D eigenvalue weighted by molar-refractivity contribution is 7.15. The smallest absolute Gasteiger partial charge is 0.350 e. The fourth-order valence-electron chi connectivity index (χ4n) is 1.82. The van der Waals surface area contributed by atoms with E-state index < -0.39 is 0 Å². The van der Waals surface area contributed by atoms with Crippen molar-refractivity contribution in [1.29, 1.82) is 0 Å². The predicted octanol–water partition coefficient (Wildman–Crippen LogP) is 2.74. The Hall–Kier alpha value is -1.88. The summed E-state index contributed by atoms with van der Waals surface area (Å²) in [5.41, 5.74) is 8.47. The molecule has 2 N–H and O–H groups in total. The van der Waals surface area contributed by atoms with Crippen molar-refractivity contribution in [2.24, 2.45) is 0 Å². The third kappa shape index (κ3) is 2.09. The maximum absolute atomic E-state index is 11.6. The van der Waals surface area contributed by atoms with Crippen molar-refractivity contribution in [3.63, 3.8) is 0 Å². The SMILES string of the molecule is CCc1sc(C(=O)OC)c(N)c1-c1ccncc1. The first-order valence-electron chi connectivity index (χ1n) is 5.58. The maximum Gasteiger partial charge on any atom is 0.350 e. The standard InChI is InChI=1S/C13H14N2O2S/c1-3-9-10(8-4-6-15-7-5-8)11(14)12(18-9)13(16)17-2/h4-7H,3,14H2,1-2H3. The van der Waals surface area contributed by atoms with E-state index in [9.17, 15) is 4.79 Å². The topological polar surface area (TPSA) is 65.2 Å². The van der Waals surface area contributed by atoms with Crippen LogP contribution in [0.4, 0.5) is 5.69 Å². The van der Waals surface area contributed by atoms with Crippen molar-refractivity contribution >= 4 is 23.0 Å². The molecule has 0 unspecified atom stereocenters. The normalized spacial score (nSPS) is 10.3. The van der Waals surface area contributed by atoms with Gasteiger partial charge in [-0.25, -0.2) is 4.79 Å². The van der Waals surface area contributed by atoms with Gasteiger partial charge in [-0.2, -0.15) is 0 Å². The molecule has 0 spiro atoms. The van der Waals surface area contributed by atoms with E-state index in [1.54, 1.807) is 12.4 Å². The van der Waals surface area contributed by atoms with E-state index in [1.165, 1.54) is 18.4 Å². The molecule has 0 amide bonds. The Bertz CT molecular complexity index is 564. The summed E-state index contributed by atoms with van der Waals surface area (Å²) in [6, 6.07) is 3.78. The minimum Gasteiger partial charge on any atom is -0.465 e. The molecule has 2 heterocycles. The van der Waals surface area contributed by atoms with E-state index in [2.05, 4.69) is 4.98 Å². The van der Waals surface area contributed by atoms with Gasteiger partial charge in [-0.1, -0.05) is 6.92 Å². The van der Waals surface area contributed by atoms with Crippen LogP contribution in [0.3, 0.4) is 0 Å². The van der Waals surface area contributed by atoms with Crippen molar-refractivity contribution < 1.29 is 9.53 Å². The van der Waals surface area contributed by atoms with Crippen molar-refractivity contribution in [3.05, 3.63) is 34.3 Å². The summed E-state index contributed by atoms with van der Waals surface area (Å²) in [5.74, 6) is -0.382. The monoisotopic (exact) mass is 262 g/mol.